The van der Waals surface area contributed by atoms with Crippen molar-refractivity contribution in [3.63, 3.8) is 0 Å². The fraction of sp³-hybridized carbons (Fsp3) is 0.545. The van der Waals surface area contributed by atoms with Crippen LogP contribution in [0.5, 0.6) is 0 Å². The summed E-state index contributed by atoms with van der Waals surface area (Å²) in [4.78, 5) is 4.03. The van der Waals surface area contributed by atoms with E-state index < -0.39 is 0 Å². The molecular formula is C11H16ClN3O. The number of nitrogen functional groups attached to an aromatic ring is 1. The molecule has 0 saturated carbocycles. The van der Waals surface area contributed by atoms with Crippen molar-refractivity contribution >= 4 is 17.4 Å². The normalized spacial score (nSPS) is 19.6. The zero-order valence-corrected chi connectivity index (χ0v) is 9.78. The number of pyridine rings is 1. The van der Waals surface area contributed by atoms with Crippen LogP contribution in [0.1, 0.15) is 24.4 Å². The second-order valence-corrected chi connectivity index (χ2v) is 4.54. The van der Waals surface area contributed by atoms with E-state index in [2.05, 4.69) is 4.98 Å². The number of rotatable bonds is 2. The molecule has 88 valence electrons. The molecule has 0 spiro atoms. The number of hydrogen-bond acceptors (Lipinski definition) is 4. The first-order valence-electron chi connectivity index (χ1n) is 5.42. The van der Waals surface area contributed by atoms with Crippen LogP contribution in [0, 0.1) is 5.92 Å². The predicted molar refractivity (Wildman–Crippen MR) is 64.1 cm³/mol. The zero-order valence-electron chi connectivity index (χ0n) is 9.03. The van der Waals surface area contributed by atoms with E-state index in [0.717, 1.165) is 31.6 Å². The summed E-state index contributed by atoms with van der Waals surface area (Å²) in [6, 6.07) is 1.71. The van der Waals surface area contributed by atoms with Gasteiger partial charge in [0.2, 0.25) is 0 Å². The second kappa shape index (κ2) is 4.99. The predicted octanol–water partition coefficient (Wildman–Crippen LogP) is 1.74. The molecule has 1 aliphatic heterocycles. The summed E-state index contributed by atoms with van der Waals surface area (Å²) in [5.41, 5.74) is 12.9. The Morgan fingerprint density at radius 3 is 2.81 bits per heavy atom. The summed E-state index contributed by atoms with van der Waals surface area (Å²) in [6.45, 7) is 1.54. The average molecular weight is 242 g/mol. The Labute approximate surface area is 99.9 Å². The Hall–Kier alpha value is -0.840. The molecule has 0 bridgehead atoms. The van der Waals surface area contributed by atoms with Gasteiger partial charge in [-0.2, -0.15) is 0 Å². The van der Waals surface area contributed by atoms with Gasteiger partial charge in [-0.15, -0.1) is 0 Å². The van der Waals surface area contributed by atoms with Gasteiger partial charge in [-0.1, -0.05) is 11.6 Å². The van der Waals surface area contributed by atoms with Crippen molar-refractivity contribution < 1.29 is 4.74 Å². The molecule has 1 atom stereocenters. The van der Waals surface area contributed by atoms with Crippen LogP contribution >= 0.6 is 11.6 Å². The van der Waals surface area contributed by atoms with Crippen LogP contribution in [-0.4, -0.2) is 18.2 Å². The third kappa shape index (κ3) is 2.45. The molecule has 1 aromatic heterocycles. The van der Waals surface area contributed by atoms with Crippen LogP contribution in [0.4, 0.5) is 5.82 Å². The summed E-state index contributed by atoms with van der Waals surface area (Å²) in [5.74, 6) is 0.875. The highest BCUT2D eigenvalue weighted by Gasteiger charge is 2.24. The van der Waals surface area contributed by atoms with Crippen LogP contribution < -0.4 is 11.5 Å². The van der Waals surface area contributed by atoms with Crippen molar-refractivity contribution in [2.24, 2.45) is 11.7 Å². The van der Waals surface area contributed by atoms with Gasteiger partial charge in [0.1, 0.15) is 5.82 Å². The Kier molecular flexibility index (Phi) is 3.63. The largest absolute Gasteiger partial charge is 0.383 e. The van der Waals surface area contributed by atoms with Crippen LogP contribution in [0.25, 0.3) is 0 Å². The highest BCUT2D eigenvalue weighted by Crippen LogP contribution is 2.31. The number of ether oxygens (including phenoxy) is 1. The molecule has 4 N–H and O–H groups in total. The number of halogens is 1. The molecule has 16 heavy (non-hydrogen) atoms. The van der Waals surface area contributed by atoms with Gasteiger partial charge >= 0.3 is 0 Å². The van der Waals surface area contributed by atoms with Crippen LogP contribution in [0.2, 0.25) is 5.02 Å². The lowest BCUT2D eigenvalue weighted by Gasteiger charge is -2.28. The lowest BCUT2D eigenvalue weighted by molar-refractivity contribution is 0.0584. The van der Waals surface area contributed by atoms with E-state index in [-0.39, 0.29) is 6.04 Å². The highest BCUT2D eigenvalue weighted by molar-refractivity contribution is 6.30. The van der Waals surface area contributed by atoms with E-state index in [1.807, 2.05) is 6.07 Å². The third-order valence-electron chi connectivity index (χ3n) is 3.05. The van der Waals surface area contributed by atoms with Crippen molar-refractivity contribution in [2.45, 2.75) is 18.9 Å². The minimum Gasteiger partial charge on any atom is -0.383 e. The molecule has 1 aromatic rings. The first kappa shape index (κ1) is 11.6. The fourth-order valence-corrected chi connectivity index (χ4v) is 2.23. The maximum Gasteiger partial charge on any atom is 0.128 e. The maximum atomic E-state index is 6.21. The van der Waals surface area contributed by atoms with E-state index in [0.29, 0.717) is 16.8 Å². The number of nitrogens with zero attached hydrogens (tertiary/aromatic N) is 1. The van der Waals surface area contributed by atoms with E-state index in [1.165, 1.54) is 6.20 Å². The quantitative estimate of drug-likeness (QED) is 0.827. The molecule has 5 heteroatoms. The monoisotopic (exact) mass is 241 g/mol. The zero-order chi connectivity index (χ0) is 11.5. The molecule has 0 aliphatic carbocycles. The summed E-state index contributed by atoms with van der Waals surface area (Å²) in [7, 11) is 0. The first-order chi connectivity index (χ1) is 7.68. The summed E-state index contributed by atoms with van der Waals surface area (Å²) in [6.07, 6.45) is 3.47. The molecule has 1 fully saturated rings. The molecule has 1 aliphatic rings. The second-order valence-electron chi connectivity index (χ2n) is 4.10. The van der Waals surface area contributed by atoms with Gasteiger partial charge in [0.05, 0.1) is 5.02 Å². The van der Waals surface area contributed by atoms with Crippen molar-refractivity contribution in [1.82, 2.24) is 4.98 Å². The lowest BCUT2D eigenvalue weighted by Crippen LogP contribution is -2.28. The minimum atomic E-state index is -0.102. The smallest absolute Gasteiger partial charge is 0.128 e. The van der Waals surface area contributed by atoms with Gasteiger partial charge in [0.25, 0.3) is 0 Å². The number of nitrogens with two attached hydrogens (primary N) is 2. The maximum absolute atomic E-state index is 6.21. The molecular weight excluding hydrogens is 226 g/mol. The molecule has 0 amide bonds. The summed E-state index contributed by atoms with van der Waals surface area (Å²) < 4.78 is 5.31. The standard InChI is InChI=1S/C11H16ClN3O/c12-8-5-9(11(14)15-6-8)10(13)7-1-3-16-4-2-7/h5-7,10H,1-4,13H2,(H2,14,15). The van der Waals surface area contributed by atoms with Gasteiger partial charge in [0, 0.05) is 31.0 Å². The van der Waals surface area contributed by atoms with Crippen molar-refractivity contribution in [3.8, 4) is 0 Å². The topological polar surface area (TPSA) is 74.2 Å². The van der Waals surface area contributed by atoms with E-state index in [1.54, 1.807) is 0 Å². The first-order valence-corrected chi connectivity index (χ1v) is 5.80. The van der Waals surface area contributed by atoms with Crippen LogP contribution in [0.15, 0.2) is 12.3 Å². The Balaban J connectivity index is 2.18. The molecule has 4 nitrogen and oxygen atoms in total. The molecule has 2 rings (SSSR count). The molecule has 0 radical (unpaired) electrons. The minimum absolute atomic E-state index is 0.102. The average Bonchev–Trinajstić information content (AvgIpc) is 2.32. The van der Waals surface area contributed by atoms with Gasteiger partial charge in [-0.25, -0.2) is 4.98 Å². The van der Waals surface area contributed by atoms with Gasteiger partial charge in [0.15, 0.2) is 0 Å². The van der Waals surface area contributed by atoms with Crippen molar-refractivity contribution in [1.29, 1.82) is 0 Å². The fourth-order valence-electron chi connectivity index (χ4n) is 2.06. The van der Waals surface area contributed by atoms with E-state index >= 15 is 0 Å². The summed E-state index contributed by atoms with van der Waals surface area (Å²) in [5, 5.41) is 0.576. The summed E-state index contributed by atoms with van der Waals surface area (Å²) >= 11 is 5.90. The Morgan fingerprint density at radius 2 is 2.12 bits per heavy atom. The van der Waals surface area contributed by atoms with Gasteiger partial charge in [-0.3, -0.25) is 0 Å². The van der Waals surface area contributed by atoms with Crippen molar-refractivity contribution in [3.05, 3.63) is 22.8 Å². The van der Waals surface area contributed by atoms with Crippen molar-refractivity contribution in [2.75, 3.05) is 18.9 Å². The van der Waals surface area contributed by atoms with E-state index in [9.17, 15) is 0 Å². The Morgan fingerprint density at radius 1 is 1.44 bits per heavy atom. The van der Waals surface area contributed by atoms with Gasteiger partial charge in [-0.05, 0) is 24.8 Å². The van der Waals surface area contributed by atoms with Gasteiger partial charge < -0.3 is 16.2 Å². The van der Waals surface area contributed by atoms with E-state index in [4.69, 9.17) is 27.8 Å². The number of anilines is 1. The van der Waals surface area contributed by atoms with Crippen LogP contribution in [-0.2, 0) is 4.74 Å². The van der Waals surface area contributed by atoms with Crippen LogP contribution in [0.3, 0.4) is 0 Å². The number of aromatic nitrogens is 1. The molecule has 2 heterocycles. The third-order valence-corrected chi connectivity index (χ3v) is 3.26. The lowest BCUT2D eigenvalue weighted by atomic mass is 9.88. The molecule has 0 aromatic carbocycles. The molecule has 1 saturated heterocycles. The molecule has 1 unspecified atom stereocenters. The number of hydrogen-bond donors (Lipinski definition) is 2. The highest BCUT2D eigenvalue weighted by atomic mass is 35.5. The Bertz CT molecular complexity index is 366. The SMILES string of the molecule is Nc1ncc(Cl)cc1C(N)C1CCOCC1.